The van der Waals surface area contributed by atoms with E-state index in [-0.39, 0.29) is 42.4 Å². The quantitative estimate of drug-likeness (QED) is 0.520. The standard InChI is InChI=1S/C25H33N5O5/c1-4-14(2)22(27-15(3)31)25(34)28-19-6-5-16-7-9-30-13-17(11-20(32)21(19)23(16)30)24(33)26-12-18-8-10-35-29-18/h7-10,14,17,19,21-22H,4-6,11-13H2,1-3H3,(H,26,33)(H,27,31)(H,28,34)/t14-,17-,19-,21?,22-/m0/s1. The smallest absolute Gasteiger partial charge is 0.243 e. The average Bonchev–Trinajstić information content (AvgIpc) is 3.46. The van der Waals surface area contributed by atoms with Gasteiger partial charge in [-0.2, -0.15) is 0 Å². The molecule has 0 radical (unpaired) electrons. The van der Waals surface area contributed by atoms with Crippen molar-refractivity contribution in [2.24, 2.45) is 11.8 Å². The average molecular weight is 484 g/mol. The molecule has 3 amide bonds. The molecular weight excluding hydrogens is 450 g/mol. The van der Waals surface area contributed by atoms with Crippen LogP contribution in [0.4, 0.5) is 0 Å². The zero-order chi connectivity index (χ0) is 25.1. The van der Waals surface area contributed by atoms with Gasteiger partial charge in [0.1, 0.15) is 23.8 Å². The summed E-state index contributed by atoms with van der Waals surface area (Å²) in [6.45, 7) is 5.90. The molecule has 188 valence electrons. The fourth-order valence-corrected chi connectivity index (χ4v) is 5.17. The van der Waals surface area contributed by atoms with Crippen molar-refractivity contribution in [3.05, 3.63) is 41.5 Å². The van der Waals surface area contributed by atoms with Gasteiger partial charge in [0.15, 0.2) is 0 Å². The number of carbonyl (C=O) groups excluding carboxylic acids is 4. The number of aromatic nitrogens is 2. The van der Waals surface area contributed by atoms with E-state index in [0.29, 0.717) is 18.7 Å². The van der Waals surface area contributed by atoms with Crippen molar-refractivity contribution >= 4 is 23.5 Å². The number of nitrogens with one attached hydrogen (secondary N) is 3. The largest absolute Gasteiger partial charge is 0.364 e. The molecule has 1 aliphatic carbocycles. The first-order chi connectivity index (χ1) is 16.8. The van der Waals surface area contributed by atoms with Crippen molar-refractivity contribution in [1.82, 2.24) is 25.7 Å². The highest BCUT2D eigenvalue weighted by atomic mass is 16.5. The predicted molar refractivity (Wildman–Crippen MR) is 126 cm³/mol. The molecule has 0 spiro atoms. The Morgan fingerprint density at radius 1 is 1.29 bits per heavy atom. The Morgan fingerprint density at radius 3 is 2.77 bits per heavy atom. The molecule has 3 heterocycles. The highest BCUT2D eigenvalue weighted by Gasteiger charge is 2.42. The summed E-state index contributed by atoms with van der Waals surface area (Å²) in [4.78, 5) is 51.4. The highest BCUT2D eigenvalue weighted by molar-refractivity contribution is 5.93. The Labute approximate surface area is 204 Å². The van der Waals surface area contributed by atoms with Crippen LogP contribution in [0.5, 0.6) is 0 Å². The van der Waals surface area contributed by atoms with Crippen molar-refractivity contribution in [2.75, 3.05) is 0 Å². The topological polar surface area (TPSA) is 135 Å². The Hall–Kier alpha value is -3.43. The molecule has 10 heteroatoms. The Bertz CT molecular complexity index is 1090. The minimum atomic E-state index is -0.665. The lowest BCUT2D eigenvalue weighted by molar-refractivity contribution is -0.132. The second-order valence-corrected chi connectivity index (χ2v) is 9.65. The maximum absolute atomic E-state index is 13.5. The molecule has 2 aromatic rings. The van der Waals surface area contributed by atoms with Gasteiger partial charge >= 0.3 is 0 Å². The normalized spacial score (nSPS) is 22.9. The first-order valence-corrected chi connectivity index (χ1v) is 12.2. The fraction of sp³-hybridized carbons (Fsp3) is 0.560. The molecule has 5 atom stereocenters. The lowest BCUT2D eigenvalue weighted by Crippen LogP contribution is -2.54. The molecule has 2 aliphatic rings. The molecule has 0 fully saturated rings. The summed E-state index contributed by atoms with van der Waals surface area (Å²) in [5.74, 6) is -1.93. The summed E-state index contributed by atoms with van der Waals surface area (Å²) < 4.78 is 6.79. The summed E-state index contributed by atoms with van der Waals surface area (Å²) in [5.41, 5.74) is 2.58. The van der Waals surface area contributed by atoms with Gasteiger partial charge in [-0.1, -0.05) is 25.4 Å². The number of Topliss-reactive ketones (excluding diaryl/α,β-unsaturated/α-hetero) is 1. The minimum absolute atomic E-state index is 0.0514. The van der Waals surface area contributed by atoms with Crippen LogP contribution in [0.15, 0.2) is 29.1 Å². The van der Waals surface area contributed by atoms with Gasteiger partial charge in [0.2, 0.25) is 17.7 Å². The molecule has 3 N–H and O–H groups in total. The number of carbonyl (C=O) groups is 4. The van der Waals surface area contributed by atoms with Gasteiger partial charge in [0, 0.05) is 43.9 Å². The first-order valence-electron chi connectivity index (χ1n) is 12.2. The van der Waals surface area contributed by atoms with Gasteiger partial charge in [0.25, 0.3) is 0 Å². The summed E-state index contributed by atoms with van der Waals surface area (Å²) in [7, 11) is 0. The van der Waals surface area contributed by atoms with Crippen LogP contribution in [0, 0.1) is 11.8 Å². The number of amides is 3. The van der Waals surface area contributed by atoms with Gasteiger partial charge in [0.05, 0.1) is 18.4 Å². The van der Waals surface area contributed by atoms with E-state index in [1.165, 1.54) is 13.2 Å². The van der Waals surface area contributed by atoms with Crippen LogP contribution in [0.25, 0.3) is 0 Å². The van der Waals surface area contributed by atoms with E-state index in [9.17, 15) is 19.2 Å². The third kappa shape index (κ3) is 5.31. The van der Waals surface area contributed by atoms with E-state index in [0.717, 1.165) is 24.1 Å². The zero-order valence-electron chi connectivity index (χ0n) is 20.4. The lowest BCUT2D eigenvalue weighted by atomic mass is 9.79. The number of ketones is 1. The molecule has 1 unspecified atom stereocenters. The fourth-order valence-electron chi connectivity index (χ4n) is 5.17. The molecule has 35 heavy (non-hydrogen) atoms. The van der Waals surface area contributed by atoms with Crippen LogP contribution in [0.2, 0.25) is 0 Å². The molecule has 0 aromatic carbocycles. The van der Waals surface area contributed by atoms with Crippen LogP contribution in [0.3, 0.4) is 0 Å². The third-order valence-electron chi connectivity index (χ3n) is 7.21. The van der Waals surface area contributed by atoms with E-state index in [1.54, 1.807) is 6.07 Å². The molecule has 0 bridgehead atoms. The Morgan fingerprint density at radius 2 is 2.09 bits per heavy atom. The second kappa shape index (κ2) is 10.5. The van der Waals surface area contributed by atoms with Crippen molar-refractivity contribution in [3.8, 4) is 0 Å². The predicted octanol–water partition coefficient (Wildman–Crippen LogP) is 1.45. The molecule has 0 saturated carbocycles. The van der Waals surface area contributed by atoms with Crippen molar-refractivity contribution < 1.29 is 23.7 Å². The number of aryl methyl sites for hydroxylation is 1. The monoisotopic (exact) mass is 483 g/mol. The van der Waals surface area contributed by atoms with Crippen LogP contribution in [-0.2, 0) is 38.7 Å². The molecule has 10 nitrogen and oxygen atoms in total. The van der Waals surface area contributed by atoms with Crippen molar-refractivity contribution in [3.63, 3.8) is 0 Å². The van der Waals surface area contributed by atoms with Crippen molar-refractivity contribution in [2.45, 2.75) is 77.5 Å². The third-order valence-corrected chi connectivity index (χ3v) is 7.21. The van der Waals surface area contributed by atoms with Crippen molar-refractivity contribution in [1.29, 1.82) is 0 Å². The first kappa shape index (κ1) is 24.7. The Balaban J connectivity index is 1.52. The number of hydrogen-bond acceptors (Lipinski definition) is 6. The minimum Gasteiger partial charge on any atom is -0.364 e. The number of nitrogens with zero attached hydrogens (tertiary/aromatic N) is 2. The second-order valence-electron chi connectivity index (χ2n) is 9.65. The SMILES string of the molecule is CC[C@H](C)[C@H](NC(C)=O)C(=O)N[C@H]1CCc2ccn3c2C1C(=O)C[C@H](C(=O)NCc1ccon1)C3. The van der Waals surface area contributed by atoms with Gasteiger partial charge in [-0.15, -0.1) is 0 Å². The molecule has 0 saturated heterocycles. The van der Waals surface area contributed by atoms with Gasteiger partial charge in [-0.05, 0) is 30.4 Å². The molecular formula is C25H33N5O5. The van der Waals surface area contributed by atoms with E-state index < -0.39 is 23.9 Å². The number of hydrogen-bond donors (Lipinski definition) is 3. The summed E-state index contributed by atoms with van der Waals surface area (Å²) in [5, 5.41) is 12.5. The van der Waals surface area contributed by atoms with E-state index in [4.69, 9.17) is 4.52 Å². The maximum Gasteiger partial charge on any atom is 0.243 e. The maximum atomic E-state index is 13.5. The van der Waals surface area contributed by atoms with Gasteiger partial charge in [-0.3, -0.25) is 19.2 Å². The molecule has 4 rings (SSSR count). The summed E-state index contributed by atoms with van der Waals surface area (Å²) >= 11 is 0. The summed E-state index contributed by atoms with van der Waals surface area (Å²) in [6, 6.07) is 2.62. The highest BCUT2D eigenvalue weighted by Crippen LogP contribution is 2.38. The Kier molecular flexibility index (Phi) is 7.37. The van der Waals surface area contributed by atoms with Crippen LogP contribution >= 0.6 is 0 Å². The van der Waals surface area contributed by atoms with E-state index in [2.05, 4.69) is 21.1 Å². The molecule has 1 aliphatic heterocycles. The lowest BCUT2D eigenvalue weighted by Gasteiger charge is -2.34. The summed E-state index contributed by atoms with van der Waals surface area (Å²) in [6.07, 6.45) is 5.53. The van der Waals surface area contributed by atoms with Crippen LogP contribution < -0.4 is 16.0 Å². The van der Waals surface area contributed by atoms with Gasteiger partial charge in [-0.25, -0.2) is 0 Å². The molecule has 2 aromatic heterocycles. The van der Waals surface area contributed by atoms with Crippen LogP contribution in [0.1, 0.15) is 62.9 Å². The van der Waals surface area contributed by atoms with Gasteiger partial charge < -0.3 is 25.0 Å². The van der Waals surface area contributed by atoms with E-state index in [1.807, 2.05) is 30.7 Å². The van der Waals surface area contributed by atoms with E-state index >= 15 is 0 Å². The van der Waals surface area contributed by atoms with Crippen LogP contribution in [-0.4, -0.2) is 45.3 Å². The number of rotatable bonds is 8. The zero-order valence-corrected chi connectivity index (χ0v) is 20.4.